The van der Waals surface area contributed by atoms with Gasteiger partial charge in [0.15, 0.2) is 11.5 Å². The second kappa shape index (κ2) is 10.3. The van der Waals surface area contributed by atoms with Crippen LogP contribution in [0.2, 0.25) is 0 Å². The number of ether oxygens (including phenoxy) is 2. The van der Waals surface area contributed by atoms with Crippen molar-refractivity contribution in [3.05, 3.63) is 23.8 Å². The number of benzene rings is 1. The molecule has 0 bridgehead atoms. The molecule has 0 fully saturated rings. The third-order valence-electron chi connectivity index (χ3n) is 3.06. The molecule has 1 aromatic carbocycles. The lowest BCUT2D eigenvalue weighted by atomic mass is 10.2. The van der Waals surface area contributed by atoms with Crippen molar-refractivity contribution >= 4 is 12.0 Å². The lowest BCUT2D eigenvalue weighted by Crippen LogP contribution is -2.36. The van der Waals surface area contributed by atoms with Gasteiger partial charge in [-0.15, -0.1) is 0 Å². The molecular weight excluding hydrogens is 300 g/mol. The zero-order chi connectivity index (χ0) is 17.1. The van der Waals surface area contributed by atoms with E-state index in [1.54, 1.807) is 13.2 Å². The molecule has 2 amide bonds. The number of carboxylic acid groups (broad SMARTS) is 1. The molecule has 0 radical (unpaired) electrons. The smallest absolute Gasteiger partial charge is 0.315 e. The number of nitrogens with one attached hydrogen (secondary N) is 2. The molecule has 1 aromatic rings. The Morgan fingerprint density at radius 2 is 2.00 bits per heavy atom. The summed E-state index contributed by atoms with van der Waals surface area (Å²) in [6.07, 6.45) is 1.93. The fourth-order valence-electron chi connectivity index (χ4n) is 1.80. The van der Waals surface area contributed by atoms with Gasteiger partial charge in [-0.1, -0.05) is 19.4 Å². The van der Waals surface area contributed by atoms with Gasteiger partial charge in [0.25, 0.3) is 0 Å². The van der Waals surface area contributed by atoms with E-state index in [2.05, 4.69) is 17.6 Å². The highest BCUT2D eigenvalue weighted by Gasteiger charge is 2.07. The Hall–Kier alpha value is -2.44. The van der Waals surface area contributed by atoms with E-state index in [0.29, 0.717) is 24.7 Å². The van der Waals surface area contributed by atoms with Gasteiger partial charge in [-0.05, 0) is 24.1 Å². The summed E-state index contributed by atoms with van der Waals surface area (Å²) >= 11 is 0. The number of urea groups is 1. The number of unbranched alkanes of at least 4 members (excludes halogenated alkanes) is 1. The van der Waals surface area contributed by atoms with Crippen LogP contribution in [0.15, 0.2) is 18.2 Å². The molecule has 3 N–H and O–H groups in total. The minimum Gasteiger partial charge on any atom is -0.493 e. The number of rotatable bonds is 10. The van der Waals surface area contributed by atoms with Gasteiger partial charge < -0.3 is 25.2 Å². The largest absolute Gasteiger partial charge is 0.493 e. The molecule has 0 aliphatic rings. The molecule has 7 heteroatoms. The summed E-state index contributed by atoms with van der Waals surface area (Å²) < 4.78 is 10.9. The van der Waals surface area contributed by atoms with E-state index < -0.39 is 12.0 Å². The summed E-state index contributed by atoms with van der Waals surface area (Å²) in [4.78, 5) is 21.9. The van der Waals surface area contributed by atoms with Crippen molar-refractivity contribution < 1.29 is 24.2 Å². The summed E-state index contributed by atoms with van der Waals surface area (Å²) in [5.41, 5.74) is 0.859. The van der Waals surface area contributed by atoms with Gasteiger partial charge in [0.1, 0.15) is 0 Å². The summed E-state index contributed by atoms with van der Waals surface area (Å²) in [6, 6.07) is 5.06. The number of carbonyl (C=O) groups is 2. The van der Waals surface area contributed by atoms with Crippen LogP contribution >= 0.6 is 0 Å². The van der Waals surface area contributed by atoms with Gasteiger partial charge in [-0.2, -0.15) is 0 Å². The number of hydrogen-bond donors (Lipinski definition) is 3. The number of aliphatic carboxylic acids is 1. The number of amides is 2. The van der Waals surface area contributed by atoms with Crippen molar-refractivity contribution in [1.29, 1.82) is 0 Å². The number of methoxy groups -OCH3 is 1. The van der Waals surface area contributed by atoms with Crippen LogP contribution in [0.25, 0.3) is 0 Å². The van der Waals surface area contributed by atoms with E-state index in [1.807, 2.05) is 12.1 Å². The van der Waals surface area contributed by atoms with Crippen LogP contribution in [-0.4, -0.2) is 37.4 Å². The molecule has 7 nitrogen and oxygen atoms in total. The van der Waals surface area contributed by atoms with E-state index in [4.69, 9.17) is 14.6 Å². The predicted octanol–water partition coefficient (Wildman–Crippen LogP) is 2.15. The Morgan fingerprint density at radius 3 is 2.65 bits per heavy atom. The number of carbonyl (C=O) groups excluding carboxylic acids is 1. The predicted molar refractivity (Wildman–Crippen MR) is 85.9 cm³/mol. The highest BCUT2D eigenvalue weighted by Crippen LogP contribution is 2.28. The van der Waals surface area contributed by atoms with Crippen LogP contribution in [0.1, 0.15) is 31.7 Å². The Bertz CT molecular complexity index is 519. The molecule has 0 aliphatic heterocycles. The maximum Gasteiger partial charge on any atom is 0.315 e. The zero-order valence-electron chi connectivity index (χ0n) is 13.6. The van der Waals surface area contributed by atoms with Crippen molar-refractivity contribution in [3.63, 3.8) is 0 Å². The zero-order valence-corrected chi connectivity index (χ0v) is 13.6. The fraction of sp³-hybridized carbons (Fsp3) is 0.500. The lowest BCUT2D eigenvalue weighted by molar-refractivity contribution is -0.136. The van der Waals surface area contributed by atoms with E-state index in [1.165, 1.54) is 0 Å². The molecule has 0 atom stereocenters. The molecule has 0 aromatic heterocycles. The highest BCUT2D eigenvalue weighted by atomic mass is 16.5. The Morgan fingerprint density at radius 1 is 1.22 bits per heavy atom. The third kappa shape index (κ3) is 7.39. The molecule has 0 unspecified atom stereocenters. The quantitative estimate of drug-likeness (QED) is 0.573. The van der Waals surface area contributed by atoms with Crippen molar-refractivity contribution in [2.75, 3.05) is 20.3 Å². The first-order valence-corrected chi connectivity index (χ1v) is 7.60. The van der Waals surface area contributed by atoms with Gasteiger partial charge in [-0.25, -0.2) is 4.79 Å². The molecule has 0 aliphatic carbocycles. The highest BCUT2D eigenvalue weighted by molar-refractivity contribution is 5.75. The summed E-state index contributed by atoms with van der Waals surface area (Å²) in [5, 5.41) is 13.6. The van der Waals surface area contributed by atoms with Gasteiger partial charge in [-0.3, -0.25) is 4.79 Å². The van der Waals surface area contributed by atoms with E-state index >= 15 is 0 Å². The van der Waals surface area contributed by atoms with Gasteiger partial charge in [0.2, 0.25) is 0 Å². The number of carboxylic acids is 1. The first-order chi connectivity index (χ1) is 11.1. The van der Waals surface area contributed by atoms with Crippen LogP contribution in [0, 0.1) is 0 Å². The van der Waals surface area contributed by atoms with E-state index in [9.17, 15) is 9.59 Å². The molecule has 0 spiro atoms. The molecule has 0 saturated carbocycles. The van der Waals surface area contributed by atoms with Crippen molar-refractivity contribution in [2.45, 2.75) is 32.7 Å². The second-order valence-corrected chi connectivity index (χ2v) is 4.94. The van der Waals surface area contributed by atoms with Crippen LogP contribution in [-0.2, 0) is 11.3 Å². The normalized spacial score (nSPS) is 10.0. The van der Waals surface area contributed by atoms with Gasteiger partial charge in [0.05, 0.1) is 20.1 Å². The summed E-state index contributed by atoms with van der Waals surface area (Å²) in [6.45, 7) is 3.13. The SMILES string of the molecule is CCCCOc1ccc(CNC(=O)NCCC(=O)O)cc1OC. The first-order valence-electron chi connectivity index (χ1n) is 7.60. The molecule has 128 valence electrons. The lowest BCUT2D eigenvalue weighted by Gasteiger charge is -2.12. The topological polar surface area (TPSA) is 96.9 Å². The van der Waals surface area contributed by atoms with Crippen molar-refractivity contribution in [3.8, 4) is 11.5 Å². The Balaban J connectivity index is 2.47. The van der Waals surface area contributed by atoms with Gasteiger partial charge in [0, 0.05) is 13.1 Å². The van der Waals surface area contributed by atoms with E-state index in [0.717, 1.165) is 18.4 Å². The molecule has 1 rings (SSSR count). The van der Waals surface area contributed by atoms with Crippen LogP contribution < -0.4 is 20.1 Å². The van der Waals surface area contributed by atoms with Gasteiger partial charge >= 0.3 is 12.0 Å². The van der Waals surface area contributed by atoms with Crippen molar-refractivity contribution in [1.82, 2.24) is 10.6 Å². The second-order valence-electron chi connectivity index (χ2n) is 4.94. The minimum absolute atomic E-state index is 0.0920. The monoisotopic (exact) mass is 324 g/mol. The maximum atomic E-state index is 11.5. The van der Waals surface area contributed by atoms with Crippen molar-refractivity contribution in [2.24, 2.45) is 0 Å². The molecule has 0 saturated heterocycles. The summed E-state index contributed by atoms with van der Waals surface area (Å²) in [5.74, 6) is 0.344. The van der Waals surface area contributed by atoms with Crippen LogP contribution in [0.4, 0.5) is 4.79 Å². The molecular formula is C16H24N2O5. The van der Waals surface area contributed by atoms with Crippen LogP contribution in [0.5, 0.6) is 11.5 Å². The first kappa shape index (κ1) is 18.6. The fourth-order valence-corrected chi connectivity index (χ4v) is 1.80. The Kier molecular flexibility index (Phi) is 8.34. The standard InChI is InChI=1S/C16H24N2O5/c1-3-4-9-23-13-6-5-12(10-14(13)22-2)11-18-16(21)17-8-7-15(19)20/h5-6,10H,3-4,7-9,11H2,1-2H3,(H,19,20)(H2,17,18,21). The summed E-state index contributed by atoms with van der Waals surface area (Å²) in [7, 11) is 1.57. The van der Waals surface area contributed by atoms with Crippen LogP contribution in [0.3, 0.4) is 0 Å². The number of hydrogen-bond acceptors (Lipinski definition) is 4. The minimum atomic E-state index is -0.950. The average molecular weight is 324 g/mol. The van der Waals surface area contributed by atoms with E-state index in [-0.39, 0.29) is 13.0 Å². The molecule has 23 heavy (non-hydrogen) atoms. The third-order valence-corrected chi connectivity index (χ3v) is 3.06. The Labute approximate surface area is 136 Å². The maximum absolute atomic E-state index is 11.5. The molecule has 0 heterocycles. The average Bonchev–Trinajstić information content (AvgIpc) is 2.53.